The second-order valence-electron chi connectivity index (χ2n) is 6.60. The van der Waals surface area contributed by atoms with Crippen LogP contribution in [0.5, 0.6) is 5.75 Å². The summed E-state index contributed by atoms with van der Waals surface area (Å²) in [4.78, 5) is 6.59. The lowest BCUT2D eigenvalue weighted by atomic mass is 10.1. The van der Waals surface area contributed by atoms with Gasteiger partial charge in [0.2, 0.25) is 0 Å². The van der Waals surface area contributed by atoms with Crippen LogP contribution in [0.4, 0.5) is 14.5 Å². The van der Waals surface area contributed by atoms with Gasteiger partial charge in [0, 0.05) is 32.9 Å². The van der Waals surface area contributed by atoms with Gasteiger partial charge in [0.1, 0.15) is 5.75 Å². The van der Waals surface area contributed by atoms with E-state index in [1.54, 1.807) is 12.1 Å². The maximum absolute atomic E-state index is 12.2. The lowest BCUT2D eigenvalue weighted by Crippen LogP contribution is -2.39. The molecular weight excluding hydrogens is 378 g/mol. The lowest BCUT2D eigenvalue weighted by Gasteiger charge is -2.16. The van der Waals surface area contributed by atoms with Crippen molar-refractivity contribution >= 4 is 11.6 Å². The molecule has 158 valence electrons. The number of nitrogens with zero attached hydrogens (tertiary/aromatic N) is 2. The van der Waals surface area contributed by atoms with E-state index in [0.29, 0.717) is 24.6 Å². The minimum Gasteiger partial charge on any atom is -0.435 e. The molecule has 2 aromatic rings. The highest BCUT2D eigenvalue weighted by molar-refractivity contribution is 5.79. The highest BCUT2D eigenvalue weighted by atomic mass is 19.3. The molecular formula is C21H28F2N4O2. The number of anilines is 1. The Kier molecular flexibility index (Phi) is 8.67. The number of aliphatic imine (C=N–C) groups is 1. The Hall–Kier alpha value is -2.87. The van der Waals surface area contributed by atoms with Gasteiger partial charge in [-0.3, -0.25) is 0 Å². The average Bonchev–Trinajstić information content (AvgIpc) is 2.70. The molecule has 0 aromatic heterocycles. The Morgan fingerprint density at radius 3 is 2.48 bits per heavy atom. The fourth-order valence-corrected chi connectivity index (χ4v) is 2.63. The van der Waals surface area contributed by atoms with E-state index in [9.17, 15) is 13.9 Å². The van der Waals surface area contributed by atoms with Gasteiger partial charge < -0.3 is 25.4 Å². The molecule has 2 aromatic carbocycles. The smallest absolute Gasteiger partial charge is 0.387 e. The third-order valence-corrected chi connectivity index (χ3v) is 4.14. The molecule has 0 bridgehead atoms. The van der Waals surface area contributed by atoms with Gasteiger partial charge in [0.15, 0.2) is 5.96 Å². The topological polar surface area (TPSA) is 69.1 Å². The number of halogens is 2. The Morgan fingerprint density at radius 2 is 1.86 bits per heavy atom. The molecule has 0 saturated carbocycles. The zero-order chi connectivity index (χ0) is 21.2. The lowest BCUT2D eigenvalue weighted by molar-refractivity contribution is -0.0498. The van der Waals surface area contributed by atoms with Crippen LogP contribution in [0.3, 0.4) is 0 Å². The second-order valence-corrected chi connectivity index (χ2v) is 6.60. The van der Waals surface area contributed by atoms with E-state index in [-0.39, 0.29) is 12.3 Å². The number of benzene rings is 2. The van der Waals surface area contributed by atoms with Gasteiger partial charge in [-0.15, -0.1) is 0 Å². The molecule has 0 aliphatic rings. The fourth-order valence-electron chi connectivity index (χ4n) is 2.63. The molecule has 0 spiro atoms. The van der Waals surface area contributed by atoms with E-state index in [2.05, 4.69) is 26.4 Å². The van der Waals surface area contributed by atoms with Crippen molar-refractivity contribution in [1.82, 2.24) is 10.6 Å². The summed E-state index contributed by atoms with van der Waals surface area (Å²) >= 11 is 0. The standard InChI is InChI=1S/C21H28F2N4O2/c1-4-24-21(25-13-15-6-5-7-17(12-15)27(2)3)26-14-19(28)16-8-10-18(11-9-16)29-20(22)23/h5-12,19-20,28H,4,13-14H2,1-3H3,(H2,24,25,26). The second kappa shape index (κ2) is 11.2. The number of aliphatic hydroxyl groups is 1. The van der Waals surface area contributed by atoms with Crippen LogP contribution >= 0.6 is 0 Å². The first-order chi connectivity index (χ1) is 13.9. The van der Waals surface area contributed by atoms with E-state index in [0.717, 1.165) is 11.3 Å². The summed E-state index contributed by atoms with van der Waals surface area (Å²) in [6.45, 7) is 0.483. The van der Waals surface area contributed by atoms with Crippen LogP contribution in [-0.2, 0) is 6.54 Å². The monoisotopic (exact) mass is 406 g/mol. The maximum atomic E-state index is 12.2. The fraction of sp³-hybridized carbons (Fsp3) is 0.381. The van der Waals surface area contributed by atoms with Crippen molar-refractivity contribution in [1.29, 1.82) is 0 Å². The number of hydrogen-bond acceptors (Lipinski definition) is 4. The zero-order valence-corrected chi connectivity index (χ0v) is 16.9. The third kappa shape index (κ3) is 7.57. The number of hydrogen-bond donors (Lipinski definition) is 3. The van der Waals surface area contributed by atoms with Crippen molar-refractivity contribution in [2.45, 2.75) is 26.2 Å². The molecule has 0 saturated heterocycles. The number of rotatable bonds is 9. The van der Waals surface area contributed by atoms with Gasteiger partial charge in [-0.05, 0) is 42.3 Å². The zero-order valence-electron chi connectivity index (χ0n) is 16.9. The number of ether oxygens (including phenoxy) is 1. The van der Waals surface area contributed by atoms with Crippen LogP contribution in [0.25, 0.3) is 0 Å². The first kappa shape index (κ1) is 22.4. The SMILES string of the molecule is CCNC(=NCc1cccc(N(C)C)c1)NCC(O)c1ccc(OC(F)F)cc1. The Morgan fingerprint density at radius 1 is 1.14 bits per heavy atom. The van der Waals surface area contributed by atoms with Crippen LogP contribution in [0, 0.1) is 0 Å². The molecule has 2 rings (SSSR count). The summed E-state index contributed by atoms with van der Waals surface area (Å²) < 4.78 is 28.7. The summed E-state index contributed by atoms with van der Waals surface area (Å²) in [5, 5.41) is 16.6. The van der Waals surface area contributed by atoms with Crippen molar-refractivity contribution in [2.24, 2.45) is 4.99 Å². The Balaban J connectivity index is 1.95. The predicted octanol–water partition coefficient (Wildman–Crippen LogP) is 3.14. The Labute approximate surface area is 170 Å². The summed E-state index contributed by atoms with van der Waals surface area (Å²) in [6.07, 6.45) is -0.823. The maximum Gasteiger partial charge on any atom is 0.387 e. The molecule has 0 heterocycles. The van der Waals surface area contributed by atoms with Crippen molar-refractivity contribution in [3.8, 4) is 5.75 Å². The molecule has 29 heavy (non-hydrogen) atoms. The van der Waals surface area contributed by atoms with E-state index in [1.165, 1.54) is 12.1 Å². The third-order valence-electron chi connectivity index (χ3n) is 4.14. The number of nitrogens with one attached hydrogen (secondary N) is 2. The van der Waals surface area contributed by atoms with Crippen molar-refractivity contribution in [3.63, 3.8) is 0 Å². The minimum atomic E-state index is -2.87. The quantitative estimate of drug-likeness (QED) is 0.441. The molecule has 3 N–H and O–H groups in total. The van der Waals surface area contributed by atoms with E-state index in [4.69, 9.17) is 0 Å². The van der Waals surface area contributed by atoms with Gasteiger partial charge in [-0.1, -0.05) is 24.3 Å². The van der Waals surface area contributed by atoms with Gasteiger partial charge >= 0.3 is 6.61 Å². The van der Waals surface area contributed by atoms with Crippen LogP contribution in [-0.4, -0.2) is 44.9 Å². The number of guanidine groups is 1. The van der Waals surface area contributed by atoms with Crippen LogP contribution < -0.4 is 20.3 Å². The van der Waals surface area contributed by atoms with Crippen LogP contribution in [0.1, 0.15) is 24.2 Å². The summed E-state index contributed by atoms with van der Waals surface area (Å²) in [5.74, 6) is 0.637. The molecule has 0 fully saturated rings. The van der Waals surface area contributed by atoms with Gasteiger partial charge in [0.25, 0.3) is 0 Å². The molecule has 1 unspecified atom stereocenters. The molecule has 0 amide bonds. The van der Waals surface area contributed by atoms with Gasteiger partial charge in [-0.2, -0.15) is 8.78 Å². The highest BCUT2D eigenvalue weighted by Crippen LogP contribution is 2.19. The molecule has 0 aliphatic carbocycles. The van der Waals surface area contributed by atoms with Crippen LogP contribution in [0.2, 0.25) is 0 Å². The summed E-state index contributed by atoms with van der Waals surface area (Å²) in [7, 11) is 3.98. The molecule has 0 aliphatic heterocycles. The van der Waals surface area contributed by atoms with E-state index >= 15 is 0 Å². The molecule has 1 atom stereocenters. The highest BCUT2D eigenvalue weighted by Gasteiger charge is 2.10. The molecule has 0 radical (unpaired) electrons. The first-order valence-corrected chi connectivity index (χ1v) is 9.40. The number of aliphatic hydroxyl groups excluding tert-OH is 1. The summed E-state index contributed by atoms with van der Waals surface area (Å²) in [5.41, 5.74) is 2.77. The minimum absolute atomic E-state index is 0.0544. The summed E-state index contributed by atoms with van der Waals surface area (Å²) in [6, 6.07) is 14.0. The largest absolute Gasteiger partial charge is 0.435 e. The van der Waals surface area contributed by atoms with Crippen molar-refractivity contribution in [2.75, 3.05) is 32.1 Å². The predicted molar refractivity (Wildman–Crippen MR) is 112 cm³/mol. The Bertz CT molecular complexity index is 783. The van der Waals surface area contributed by atoms with E-state index < -0.39 is 12.7 Å². The number of alkyl halides is 2. The van der Waals surface area contributed by atoms with Crippen LogP contribution in [0.15, 0.2) is 53.5 Å². The first-order valence-electron chi connectivity index (χ1n) is 9.40. The van der Waals surface area contributed by atoms with Crippen molar-refractivity contribution < 1.29 is 18.6 Å². The van der Waals surface area contributed by atoms with Gasteiger partial charge in [0.05, 0.1) is 12.6 Å². The van der Waals surface area contributed by atoms with E-state index in [1.807, 2.05) is 44.1 Å². The van der Waals surface area contributed by atoms with Gasteiger partial charge in [-0.25, -0.2) is 4.99 Å². The average molecular weight is 406 g/mol. The van der Waals surface area contributed by atoms with Crippen molar-refractivity contribution in [3.05, 3.63) is 59.7 Å². The molecule has 8 heteroatoms. The molecule has 6 nitrogen and oxygen atoms in total. The normalized spacial score (nSPS) is 12.6.